The topological polar surface area (TPSA) is 76.1 Å². The Bertz CT molecular complexity index is 962. The first-order chi connectivity index (χ1) is 14.4. The number of aromatic nitrogens is 2. The summed E-state index contributed by atoms with van der Waals surface area (Å²) < 4.78 is 19.0. The molecule has 0 fully saturated rings. The third-order valence-corrected chi connectivity index (χ3v) is 6.26. The number of carbonyl (C=O) groups excluding carboxylic acids is 1. The van der Waals surface area contributed by atoms with E-state index in [1.807, 2.05) is 38.1 Å². The number of rotatable bonds is 9. The second-order valence-corrected chi connectivity index (χ2v) is 9.06. The molecule has 1 aromatic heterocycles. The Morgan fingerprint density at radius 3 is 2.47 bits per heavy atom. The lowest BCUT2D eigenvalue weighted by molar-refractivity contribution is -0.119. The number of nitrogens with zero attached hydrogens (tertiary/aromatic N) is 2. The van der Waals surface area contributed by atoms with E-state index in [-0.39, 0.29) is 29.4 Å². The van der Waals surface area contributed by atoms with E-state index in [0.29, 0.717) is 9.47 Å². The molecule has 1 atom stereocenters. The minimum absolute atomic E-state index is 0.108. The molecular weight excluding hydrogens is 423 g/mol. The van der Waals surface area contributed by atoms with Crippen molar-refractivity contribution in [3.05, 3.63) is 59.9 Å². The first-order valence-electron chi connectivity index (χ1n) is 9.37. The smallest absolute Gasteiger partial charge is 0.230 e. The number of amides is 1. The minimum atomic E-state index is -0.293. The number of halogens is 1. The molecule has 1 unspecified atom stereocenters. The van der Waals surface area contributed by atoms with Gasteiger partial charge in [-0.3, -0.25) is 4.79 Å². The van der Waals surface area contributed by atoms with E-state index >= 15 is 0 Å². The Hall–Kier alpha value is -2.65. The van der Waals surface area contributed by atoms with Crippen LogP contribution in [0.1, 0.15) is 25.5 Å². The number of carbonyl (C=O) groups is 1. The van der Waals surface area contributed by atoms with Crippen LogP contribution in [-0.2, 0) is 4.79 Å². The number of methoxy groups -OCH3 is 1. The normalized spacial score (nSPS) is 11.9. The Morgan fingerprint density at radius 1 is 1.13 bits per heavy atom. The lowest BCUT2D eigenvalue weighted by Gasteiger charge is -2.22. The lowest BCUT2D eigenvalue weighted by Crippen LogP contribution is -2.32. The van der Waals surface area contributed by atoms with Crippen LogP contribution in [0.25, 0.3) is 0 Å². The number of thioether (sulfide) groups is 1. The summed E-state index contributed by atoms with van der Waals surface area (Å²) in [5.41, 5.74) is 1.76. The number of anilines is 2. The largest absolute Gasteiger partial charge is 0.497 e. The monoisotopic (exact) mass is 446 g/mol. The third kappa shape index (κ3) is 6.17. The molecule has 0 aliphatic carbocycles. The van der Waals surface area contributed by atoms with Crippen molar-refractivity contribution in [3.8, 4) is 5.75 Å². The molecule has 1 amide bonds. The molecule has 0 spiro atoms. The van der Waals surface area contributed by atoms with Crippen molar-refractivity contribution in [1.29, 1.82) is 0 Å². The van der Waals surface area contributed by atoms with Gasteiger partial charge in [0.25, 0.3) is 0 Å². The van der Waals surface area contributed by atoms with Crippen molar-refractivity contribution in [1.82, 2.24) is 15.5 Å². The standard InChI is InChI=1S/C21H23FN4O2S2/c1-13(2)19(14-4-6-15(22)7-5-14)24-18(27)12-29-21-26-25-20(30-21)23-16-8-10-17(28-3)11-9-16/h4-11,13,19H,12H2,1-3H3,(H,23,25)(H,24,27). The van der Waals surface area contributed by atoms with E-state index in [4.69, 9.17) is 4.74 Å². The van der Waals surface area contributed by atoms with Crippen LogP contribution in [-0.4, -0.2) is 29.0 Å². The summed E-state index contributed by atoms with van der Waals surface area (Å²) in [6.45, 7) is 4.03. The third-order valence-electron chi connectivity index (χ3n) is 4.29. The minimum Gasteiger partial charge on any atom is -0.497 e. The maximum absolute atomic E-state index is 13.2. The second-order valence-electron chi connectivity index (χ2n) is 6.86. The highest BCUT2D eigenvalue weighted by Gasteiger charge is 2.19. The van der Waals surface area contributed by atoms with E-state index in [0.717, 1.165) is 17.0 Å². The van der Waals surface area contributed by atoms with Gasteiger partial charge in [-0.05, 0) is 47.9 Å². The highest BCUT2D eigenvalue weighted by molar-refractivity contribution is 8.01. The van der Waals surface area contributed by atoms with Crippen molar-refractivity contribution in [2.24, 2.45) is 5.92 Å². The molecule has 2 N–H and O–H groups in total. The van der Waals surface area contributed by atoms with Gasteiger partial charge in [0.15, 0.2) is 4.34 Å². The van der Waals surface area contributed by atoms with Crippen LogP contribution >= 0.6 is 23.1 Å². The zero-order valence-corrected chi connectivity index (χ0v) is 18.5. The van der Waals surface area contributed by atoms with Crippen LogP contribution in [0.15, 0.2) is 52.9 Å². The average molecular weight is 447 g/mol. The van der Waals surface area contributed by atoms with E-state index in [1.165, 1.54) is 35.2 Å². The van der Waals surface area contributed by atoms with E-state index in [9.17, 15) is 9.18 Å². The Balaban J connectivity index is 1.53. The maximum atomic E-state index is 13.2. The summed E-state index contributed by atoms with van der Waals surface area (Å²) in [6.07, 6.45) is 0. The predicted octanol–water partition coefficient (Wildman–Crippen LogP) is 5.04. The predicted molar refractivity (Wildman–Crippen MR) is 119 cm³/mol. The molecule has 158 valence electrons. The molecule has 9 heteroatoms. The van der Waals surface area contributed by atoms with Crippen LogP contribution in [0.3, 0.4) is 0 Å². The second kappa shape index (κ2) is 10.4. The number of benzene rings is 2. The molecule has 0 aliphatic rings. The average Bonchev–Trinajstić information content (AvgIpc) is 3.19. The first-order valence-corrected chi connectivity index (χ1v) is 11.2. The van der Waals surface area contributed by atoms with Crippen LogP contribution in [0, 0.1) is 11.7 Å². The molecule has 0 radical (unpaired) electrons. The summed E-state index contributed by atoms with van der Waals surface area (Å²) in [6, 6.07) is 13.5. The summed E-state index contributed by atoms with van der Waals surface area (Å²) in [5.74, 6) is 0.773. The van der Waals surface area contributed by atoms with Crippen LogP contribution in [0.4, 0.5) is 15.2 Å². The van der Waals surface area contributed by atoms with Gasteiger partial charge in [0, 0.05) is 5.69 Å². The van der Waals surface area contributed by atoms with Gasteiger partial charge in [-0.15, -0.1) is 10.2 Å². The van der Waals surface area contributed by atoms with Gasteiger partial charge < -0.3 is 15.4 Å². The van der Waals surface area contributed by atoms with E-state index in [1.54, 1.807) is 19.2 Å². The molecule has 0 bridgehead atoms. The number of ether oxygens (including phenoxy) is 1. The van der Waals surface area contributed by atoms with E-state index in [2.05, 4.69) is 20.8 Å². The SMILES string of the molecule is COc1ccc(Nc2nnc(SCC(=O)NC(c3ccc(F)cc3)C(C)C)s2)cc1. The Kier molecular flexibility index (Phi) is 7.64. The van der Waals surface area contributed by atoms with Crippen molar-refractivity contribution in [3.63, 3.8) is 0 Å². The van der Waals surface area contributed by atoms with Gasteiger partial charge in [-0.2, -0.15) is 0 Å². The number of nitrogens with one attached hydrogen (secondary N) is 2. The van der Waals surface area contributed by atoms with Gasteiger partial charge in [0.05, 0.1) is 18.9 Å². The molecule has 0 saturated heterocycles. The van der Waals surface area contributed by atoms with E-state index < -0.39 is 0 Å². The molecular formula is C21H23FN4O2S2. The summed E-state index contributed by atoms with van der Waals surface area (Å²) in [7, 11) is 1.62. The maximum Gasteiger partial charge on any atom is 0.230 e. The van der Waals surface area contributed by atoms with Gasteiger partial charge in [0.1, 0.15) is 11.6 Å². The zero-order valence-electron chi connectivity index (χ0n) is 16.9. The molecule has 3 aromatic rings. The number of hydrogen-bond donors (Lipinski definition) is 2. The van der Waals surface area contributed by atoms with Gasteiger partial charge in [-0.1, -0.05) is 49.1 Å². The van der Waals surface area contributed by atoms with Crippen molar-refractivity contribution >= 4 is 39.8 Å². The zero-order chi connectivity index (χ0) is 21.5. The summed E-state index contributed by atoms with van der Waals surface area (Å²) in [5, 5.41) is 15.1. The molecule has 6 nitrogen and oxygen atoms in total. The number of hydrogen-bond acceptors (Lipinski definition) is 7. The van der Waals surface area contributed by atoms with Crippen LogP contribution < -0.4 is 15.4 Å². The van der Waals surface area contributed by atoms with Crippen molar-refractivity contribution in [2.75, 3.05) is 18.2 Å². The Morgan fingerprint density at radius 2 is 1.83 bits per heavy atom. The molecule has 2 aromatic carbocycles. The molecule has 3 rings (SSSR count). The van der Waals surface area contributed by atoms with Crippen LogP contribution in [0.5, 0.6) is 5.75 Å². The molecule has 0 saturated carbocycles. The first kappa shape index (κ1) is 22.0. The molecule has 30 heavy (non-hydrogen) atoms. The highest BCUT2D eigenvalue weighted by Crippen LogP contribution is 2.29. The fraction of sp³-hybridized carbons (Fsp3) is 0.286. The fourth-order valence-corrected chi connectivity index (χ4v) is 4.35. The molecule has 0 aliphatic heterocycles. The molecule has 1 heterocycles. The summed E-state index contributed by atoms with van der Waals surface area (Å²) >= 11 is 2.71. The van der Waals surface area contributed by atoms with Gasteiger partial charge >= 0.3 is 0 Å². The van der Waals surface area contributed by atoms with Crippen molar-refractivity contribution in [2.45, 2.75) is 24.2 Å². The quantitative estimate of drug-likeness (QED) is 0.449. The van der Waals surface area contributed by atoms with Crippen molar-refractivity contribution < 1.29 is 13.9 Å². The van der Waals surface area contributed by atoms with Crippen LogP contribution in [0.2, 0.25) is 0 Å². The fourth-order valence-electron chi connectivity index (χ4n) is 2.76. The highest BCUT2D eigenvalue weighted by atomic mass is 32.2. The van der Waals surface area contributed by atoms with Gasteiger partial charge in [-0.25, -0.2) is 4.39 Å². The Labute approximate surface area is 183 Å². The lowest BCUT2D eigenvalue weighted by atomic mass is 9.96. The van der Waals surface area contributed by atoms with Gasteiger partial charge in [0.2, 0.25) is 11.0 Å². The summed E-state index contributed by atoms with van der Waals surface area (Å²) in [4.78, 5) is 12.5.